The molecule has 0 spiro atoms. The third kappa shape index (κ3) is 2.38. The van der Waals surface area contributed by atoms with Gasteiger partial charge in [0.15, 0.2) is 6.73 Å². The lowest BCUT2D eigenvalue weighted by Crippen LogP contribution is -2.33. The van der Waals surface area contributed by atoms with Crippen LogP contribution in [-0.4, -0.2) is 6.73 Å². The molecule has 1 aromatic heterocycles. The Kier molecular flexibility index (Phi) is 3.53. The number of ether oxygens (including phenoxy) is 1. The maximum atomic E-state index is 14.1. The average Bonchev–Trinajstić information content (AvgIpc) is 2.61. The summed E-state index contributed by atoms with van der Waals surface area (Å²) in [6.07, 6.45) is 0. The number of nitrogens with zero attached hydrogens (tertiary/aromatic N) is 1. The molecular formula is C20H18FNO3. The lowest BCUT2D eigenvalue weighted by atomic mass is 9.99. The van der Waals surface area contributed by atoms with Crippen LogP contribution in [0, 0.1) is 26.6 Å². The number of para-hydroxylation sites is 1. The molecule has 0 aliphatic carbocycles. The number of hydrogen-bond acceptors (Lipinski definition) is 4. The Bertz CT molecular complexity index is 1050. The van der Waals surface area contributed by atoms with Gasteiger partial charge in [-0.2, -0.15) is 0 Å². The predicted octanol–water partition coefficient (Wildman–Crippen LogP) is 4.21. The van der Waals surface area contributed by atoms with E-state index < -0.39 is 0 Å². The van der Waals surface area contributed by atoms with Crippen molar-refractivity contribution in [3.8, 4) is 5.75 Å². The van der Waals surface area contributed by atoms with Crippen molar-refractivity contribution >= 4 is 16.7 Å². The van der Waals surface area contributed by atoms with Gasteiger partial charge >= 0.3 is 5.63 Å². The molecule has 1 aliphatic rings. The van der Waals surface area contributed by atoms with Gasteiger partial charge in [0, 0.05) is 28.6 Å². The van der Waals surface area contributed by atoms with Crippen LogP contribution in [-0.2, 0) is 6.54 Å². The number of anilines is 1. The minimum atomic E-state index is -0.322. The molecule has 0 fully saturated rings. The highest BCUT2D eigenvalue weighted by molar-refractivity contribution is 5.87. The van der Waals surface area contributed by atoms with Crippen LogP contribution >= 0.6 is 0 Å². The fourth-order valence-corrected chi connectivity index (χ4v) is 3.36. The molecule has 2 heterocycles. The van der Waals surface area contributed by atoms with Gasteiger partial charge in [0.2, 0.25) is 0 Å². The van der Waals surface area contributed by atoms with E-state index >= 15 is 0 Å². The molecule has 25 heavy (non-hydrogen) atoms. The van der Waals surface area contributed by atoms with E-state index in [4.69, 9.17) is 9.15 Å². The molecule has 0 N–H and O–H groups in total. The van der Waals surface area contributed by atoms with Crippen LogP contribution in [0.25, 0.3) is 11.0 Å². The number of rotatable bonds is 1. The molecule has 1 aliphatic heterocycles. The van der Waals surface area contributed by atoms with Crippen molar-refractivity contribution in [3.05, 3.63) is 68.8 Å². The summed E-state index contributed by atoms with van der Waals surface area (Å²) in [5.41, 5.74) is 4.02. The number of hydrogen-bond donors (Lipinski definition) is 0. The Labute approximate surface area is 144 Å². The first kappa shape index (κ1) is 15.7. The summed E-state index contributed by atoms with van der Waals surface area (Å²) in [6.45, 7) is 6.34. The van der Waals surface area contributed by atoms with Crippen molar-refractivity contribution in [2.45, 2.75) is 27.3 Å². The Morgan fingerprint density at radius 2 is 1.84 bits per heavy atom. The Morgan fingerprint density at radius 1 is 1.08 bits per heavy atom. The van der Waals surface area contributed by atoms with Crippen LogP contribution in [0.15, 0.2) is 39.5 Å². The molecule has 4 rings (SSSR count). The van der Waals surface area contributed by atoms with Crippen molar-refractivity contribution in [2.24, 2.45) is 0 Å². The fraction of sp³-hybridized carbons (Fsp3) is 0.250. The summed E-state index contributed by atoms with van der Waals surface area (Å²) in [5, 5.41) is 0.896. The maximum absolute atomic E-state index is 14.1. The smallest absolute Gasteiger partial charge is 0.339 e. The van der Waals surface area contributed by atoms with Crippen molar-refractivity contribution in [3.63, 3.8) is 0 Å². The molecule has 0 radical (unpaired) electrons. The molecule has 0 bridgehead atoms. The summed E-state index contributed by atoms with van der Waals surface area (Å²) in [6, 6.07) is 8.64. The van der Waals surface area contributed by atoms with E-state index in [1.54, 1.807) is 19.1 Å². The van der Waals surface area contributed by atoms with Gasteiger partial charge in [-0.05, 0) is 44.5 Å². The first-order chi connectivity index (χ1) is 12.0. The monoisotopic (exact) mass is 339 g/mol. The molecular weight excluding hydrogens is 321 g/mol. The van der Waals surface area contributed by atoms with Gasteiger partial charge in [-0.25, -0.2) is 9.18 Å². The van der Waals surface area contributed by atoms with Crippen molar-refractivity contribution in [1.82, 2.24) is 0 Å². The number of aryl methyl sites for hydroxylation is 2. The second-order valence-corrected chi connectivity index (χ2v) is 6.43. The number of fused-ring (bicyclic) bond motifs is 2. The summed E-state index contributed by atoms with van der Waals surface area (Å²) in [7, 11) is 0. The Morgan fingerprint density at radius 3 is 2.60 bits per heavy atom. The third-order valence-electron chi connectivity index (χ3n) is 4.92. The van der Waals surface area contributed by atoms with E-state index in [1.807, 2.05) is 30.9 Å². The minimum Gasteiger partial charge on any atom is -0.472 e. The van der Waals surface area contributed by atoms with Crippen LogP contribution in [0.4, 0.5) is 10.1 Å². The SMILES string of the molecule is Cc1c(C)c2cc3c(c(C)c2oc1=O)OCN(c1ccccc1F)C3. The minimum absolute atomic E-state index is 0.245. The fourth-order valence-electron chi connectivity index (χ4n) is 3.36. The summed E-state index contributed by atoms with van der Waals surface area (Å²) in [4.78, 5) is 13.8. The zero-order chi connectivity index (χ0) is 17.7. The molecule has 0 atom stereocenters. The van der Waals surface area contributed by atoms with Crippen LogP contribution in [0.3, 0.4) is 0 Å². The first-order valence-electron chi connectivity index (χ1n) is 8.16. The van der Waals surface area contributed by atoms with Crippen LogP contribution in [0.2, 0.25) is 0 Å². The van der Waals surface area contributed by atoms with Crippen molar-refractivity contribution in [2.75, 3.05) is 11.6 Å². The largest absolute Gasteiger partial charge is 0.472 e. The highest BCUT2D eigenvalue weighted by Crippen LogP contribution is 2.37. The first-order valence-corrected chi connectivity index (χ1v) is 8.16. The lowest BCUT2D eigenvalue weighted by Gasteiger charge is -2.32. The Balaban J connectivity index is 1.87. The van der Waals surface area contributed by atoms with Gasteiger partial charge in [-0.1, -0.05) is 12.1 Å². The summed E-state index contributed by atoms with van der Waals surface area (Å²) in [5.74, 6) is 0.441. The second-order valence-electron chi connectivity index (χ2n) is 6.43. The topological polar surface area (TPSA) is 42.7 Å². The van der Waals surface area contributed by atoms with E-state index in [9.17, 15) is 9.18 Å². The normalized spacial score (nSPS) is 13.7. The summed E-state index contributed by atoms with van der Waals surface area (Å²) >= 11 is 0. The molecule has 2 aromatic carbocycles. The molecule has 0 unspecified atom stereocenters. The molecule has 0 amide bonds. The quantitative estimate of drug-likeness (QED) is 0.623. The van der Waals surface area contributed by atoms with E-state index in [-0.39, 0.29) is 18.2 Å². The van der Waals surface area contributed by atoms with E-state index in [1.165, 1.54) is 6.07 Å². The lowest BCUT2D eigenvalue weighted by molar-refractivity contribution is 0.286. The third-order valence-corrected chi connectivity index (χ3v) is 4.92. The highest BCUT2D eigenvalue weighted by Gasteiger charge is 2.24. The second kappa shape index (κ2) is 5.62. The molecule has 128 valence electrons. The van der Waals surface area contributed by atoms with E-state index in [0.29, 0.717) is 29.1 Å². The molecule has 4 nitrogen and oxygen atoms in total. The van der Waals surface area contributed by atoms with Crippen molar-refractivity contribution in [1.29, 1.82) is 0 Å². The highest BCUT2D eigenvalue weighted by atomic mass is 19.1. The van der Waals surface area contributed by atoms with Gasteiger partial charge in [0.25, 0.3) is 0 Å². The van der Waals surface area contributed by atoms with Crippen LogP contribution in [0.1, 0.15) is 22.3 Å². The molecule has 0 saturated heterocycles. The zero-order valence-electron chi connectivity index (χ0n) is 14.4. The van der Waals surface area contributed by atoms with Crippen LogP contribution in [0.5, 0.6) is 5.75 Å². The predicted molar refractivity (Wildman–Crippen MR) is 94.8 cm³/mol. The maximum Gasteiger partial charge on any atom is 0.339 e. The van der Waals surface area contributed by atoms with Gasteiger partial charge in [0.05, 0.1) is 5.69 Å². The summed E-state index contributed by atoms with van der Waals surface area (Å²) < 4.78 is 25.5. The molecule has 3 aromatic rings. The molecule has 5 heteroatoms. The zero-order valence-corrected chi connectivity index (χ0v) is 14.4. The van der Waals surface area contributed by atoms with Crippen LogP contribution < -0.4 is 15.3 Å². The Hall–Kier alpha value is -2.82. The number of halogens is 1. The number of benzene rings is 2. The van der Waals surface area contributed by atoms with Crippen molar-refractivity contribution < 1.29 is 13.5 Å². The van der Waals surface area contributed by atoms with E-state index in [2.05, 4.69) is 0 Å². The van der Waals surface area contributed by atoms with Gasteiger partial charge < -0.3 is 14.1 Å². The molecule has 0 saturated carbocycles. The van der Waals surface area contributed by atoms with Gasteiger partial charge in [-0.3, -0.25) is 0 Å². The van der Waals surface area contributed by atoms with Gasteiger partial charge in [0.1, 0.15) is 17.1 Å². The van der Waals surface area contributed by atoms with Gasteiger partial charge in [-0.15, -0.1) is 0 Å². The average molecular weight is 339 g/mol. The standard InChI is InChI=1S/C20H18FNO3/c1-11-12(2)20(23)25-19-13(3)18-14(8-15(11)19)9-22(10-24-18)17-7-5-4-6-16(17)21/h4-8H,9-10H2,1-3H3. The van der Waals surface area contributed by atoms with E-state index in [0.717, 1.165) is 22.1 Å².